The van der Waals surface area contributed by atoms with Crippen LogP contribution in [0.3, 0.4) is 0 Å². The Bertz CT molecular complexity index is 626. The summed E-state index contributed by atoms with van der Waals surface area (Å²) in [6.07, 6.45) is 1.14. The van der Waals surface area contributed by atoms with E-state index in [4.69, 9.17) is 0 Å². The molecule has 104 valence electrons. The SMILES string of the molecule is CC1Cc2ccccc2N(Cc2ccc(F)cc2Br)C1. The van der Waals surface area contributed by atoms with Gasteiger partial charge in [-0.25, -0.2) is 4.39 Å². The van der Waals surface area contributed by atoms with Crippen LogP contribution in [0.2, 0.25) is 0 Å². The van der Waals surface area contributed by atoms with Gasteiger partial charge < -0.3 is 4.90 Å². The molecule has 0 bridgehead atoms. The van der Waals surface area contributed by atoms with Gasteiger partial charge >= 0.3 is 0 Å². The maximum absolute atomic E-state index is 13.2. The van der Waals surface area contributed by atoms with Crippen molar-refractivity contribution in [3.8, 4) is 0 Å². The molecule has 0 aliphatic carbocycles. The van der Waals surface area contributed by atoms with Gasteiger partial charge in [-0.2, -0.15) is 0 Å². The van der Waals surface area contributed by atoms with Crippen molar-refractivity contribution in [3.05, 3.63) is 63.9 Å². The highest BCUT2D eigenvalue weighted by Gasteiger charge is 2.21. The Balaban J connectivity index is 1.91. The highest BCUT2D eigenvalue weighted by molar-refractivity contribution is 9.10. The van der Waals surface area contributed by atoms with Gasteiger partial charge in [0.25, 0.3) is 0 Å². The van der Waals surface area contributed by atoms with E-state index < -0.39 is 0 Å². The number of benzene rings is 2. The van der Waals surface area contributed by atoms with Crippen molar-refractivity contribution >= 4 is 21.6 Å². The summed E-state index contributed by atoms with van der Waals surface area (Å²) in [5, 5.41) is 0. The molecular weight excluding hydrogens is 317 g/mol. The smallest absolute Gasteiger partial charge is 0.124 e. The van der Waals surface area contributed by atoms with E-state index in [1.165, 1.54) is 23.4 Å². The normalized spacial score (nSPS) is 17.9. The summed E-state index contributed by atoms with van der Waals surface area (Å²) in [7, 11) is 0. The predicted octanol–water partition coefficient (Wildman–Crippen LogP) is 4.79. The lowest BCUT2D eigenvalue weighted by atomic mass is 9.93. The molecule has 1 aliphatic rings. The number of rotatable bonds is 2. The van der Waals surface area contributed by atoms with Crippen LogP contribution in [-0.2, 0) is 13.0 Å². The summed E-state index contributed by atoms with van der Waals surface area (Å²) < 4.78 is 14.0. The molecule has 1 aliphatic heterocycles. The third-order valence-corrected chi connectivity index (χ3v) is 4.55. The Morgan fingerprint density at radius 2 is 2.05 bits per heavy atom. The lowest BCUT2D eigenvalue weighted by molar-refractivity contribution is 0.530. The largest absolute Gasteiger partial charge is 0.367 e. The zero-order valence-corrected chi connectivity index (χ0v) is 13.0. The van der Waals surface area contributed by atoms with E-state index in [1.54, 1.807) is 0 Å². The number of hydrogen-bond acceptors (Lipinski definition) is 1. The Labute approximate surface area is 127 Å². The van der Waals surface area contributed by atoms with Gasteiger partial charge in [0, 0.05) is 23.2 Å². The van der Waals surface area contributed by atoms with E-state index in [1.807, 2.05) is 6.07 Å². The molecule has 20 heavy (non-hydrogen) atoms. The van der Waals surface area contributed by atoms with Gasteiger partial charge in [-0.15, -0.1) is 0 Å². The number of nitrogens with zero attached hydrogens (tertiary/aromatic N) is 1. The molecule has 0 fully saturated rings. The van der Waals surface area contributed by atoms with Crippen LogP contribution in [0.25, 0.3) is 0 Å². The van der Waals surface area contributed by atoms with Gasteiger partial charge in [-0.3, -0.25) is 0 Å². The fourth-order valence-corrected chi connectivity index (χ4v) is 3.39. The van der Waals surface area contributed by atoms with Crippen molar-refractivity contribution in [1.29, 1.82) is 0 Å². The molecule has 2 aromatic carbocycles. The minimum absolute atomic E-state index is 0.201. The first-order valence-electron chi connectivity index (χ1n) is 6.90. The van der Waals surface area contributed by atoms with Crippen LogP contribution in [0.5, 0.6) is 0 Å². The van der Waals surface area contributed by atoms with Crippen molar-refractivity contribution in [1.82, 2.24) is 0 Å². The Morgan fingerprint density at radius 1 is 1.25 bits per heavy atom. The van der Waals surface area contributed by atoms with Crippen LogP contribution in [-0.4, -0.2) is 6.54 Å². The molecule has 0 saturated carbocycles. The first kappa shape index (κ1) is 13.6. The molecule has 1 nitrogen and oxygen atoms in total. The average molecular weight is 334 g/mol. The first-order valence-corrected chi connectivity index (χ1v) is 7.69. The topological polar surface area (TPSA) is 3.24 Å². The van der Waals surface area contributed by atoms with E-state index in [0.29, 0.717) is 5.92 Å². The summed E-state index contributed by atoms with van der Waals surface area (Å²) in [5.74, 6) is 0.442. The minimum Gasteiger partial charge on any atom is -0.367 e. The number of para-hydroxylation sites is 1. The molecule has 1 atom stereocenters. The lowest BCUT2D eigenvalue weighted by Crippen LogP contribution is -2.33. The fourth-order valence-electron chi connectivity index (χ4n) is 2.91. The number of hydrogen-bond donors (Lipinski definition) is 0. The molecule has 1 heterocycles. The third-order valence-electron chi connectivity index (χ3n) is 3.81. The van der Waals surface area contributed by atoms with E-state index in [2.05, 4.69) is 52.0 Å². The Kier molecular flexibility index (Phi) is 3.79. The number of halogens is 2. The fraction of sp³-hybridized carbons (Fsp3) is 0.294. The quantitative estimate of drug-likeness (QED) is 0.763. The van der Waals surface area contributed by atoms with Gasteiger partial charge in [-0.05, 0) is 41.7 Å². The van der Waals surface area contributed by atoms with Crippen LogP contribution >= 0.6 is 15.9 Å². The maximum Gasteiger partial charge on any atom is 0.124 e. The van der Waals surface area contributed by atoms with E-state index >= 15 is 0 Å². The first-order chi connectivity index (χ1) is 9.63. The predicted molar refractivity (Wildman–Crippen MR) is 84.5 cm³/mol. The summed E-state index contributed by atoms with van der Waals surface area (Å²) in [5.41, 5.74) is 3.83. The van der Waals surface area contributed by atoms with Crippen molar-refractivity contribution < 1.29 is 4.39 Å². The minimum atomic E-state index is -0.201. The molecule has 0 N–H and O–H groups in total. The molecule has 3 rings (SSSR count). The van der Waals surface area contributed by atoms with Gasteiger partial charge in [-0.1, -0.05) is 47.1 Å². The van der Waals surface area contributed by atoms with Crippen LogP contribution in [0.15, 0.2) is 46.9 Å². The van der Waals surface area contributed by atoms with Crippen LogP contribution in [0.1, 0.15) is 18.1 Å². The third kappa shape index (κ3) is 2.73. The summed E-state index contributed by atoms with van der Waals surface area (Å²) in [6, 6.07) is 13.5. The van der Waals surface area contributed by atoms with Crippen molar-refractivity contribution in [2.45, 2.75) is 19.9 Å². The summed E-state index contributed by atoms with van der Waals surface area (Å²) in [4.78, 5) is 2.39. The molecule has 0 saturated heterocycles. The highest BCUT2D eigenvalue weighted by Crippen LogP contribution is 2.31. The zero-order valence-electron chi connectivity index (χ0n) is 11.4. The van der Waals surface area contributed by atoms with Crippen molar-refractivity contribution in [2.75, 3.05) is 11.4 Å². The lowest BCUT2D eigenvalue weighted by Gasteiger charge is -2.35. The van der Waals surface area contributed by atoms with Crippen LogP contribution < -0.4 is 4.90 Å². The van der Waals surface area contributed by atoms with Crippen LogP contribution in [0, 0.1) is 11.7 Å². The Hall–Kier alpha value is -1.35. The molecule has 3 heteroatoms. The van der Waals surface area contributed by atoms with Gasteiger partial charge in [0.1, 0.15) is 5.82 Å². The zero-order chi connectivity index (χ0) is 14.1. The second kappa shape index (κ2) is 5.57. The monoisotopic (exact) mass is 333 g/mol. The molecule has 0 amide bonds. The van der Waals surface area contributed by atoms with E-state index in [0.717, 1.165) is 29.5 Å². The molecule has 2 aromatic rings. The second-order valence-electron chi connectivity index (χ2n) is 5.55. The summed E-state index contributed by atoms with van der Waals surface area (Å²) >= 11 is 3.46. The second-order valence-corrected chi connectivity index (χ2v) is 6.41. The van der Waals surface area contributed by atoms with E-state index in [9.17, 15) is 4.39 Å². The highest BCUT2D eigenvalue weighted by atomic mass is 79.9. The molecule has 0 spiro atoms. The van der Waals surface area contributed by atoms with Gasteiger partial charge in [0.15, 0.2) is 0 Å². The van der Waals surface area contributed by atoms with Gasteiger partial charge in [0.05, 0.1) is 0 Å². The number of anilines is 1. The van der Waals surface area contributed by atoms with Crippen molar-refractivity contribution in [3.63, 3.8) is 0 Å². The number of fused-ring (bicyclic) bond motifs is 1. The summed E-state index contributed by atoms with van der Waals surface area (Å²) in [6.45, 7) is 4.13. The van der Waals surface area contributed by atoms with Crippen LogP contribution in [0.4, 0.5) is 10.1 Å². The van der Waals surface area contributed by atoms with Crippen molar-refractivity contribution in [2.24, 2.45) is 5.92 Å². The molecule has 0 radical (unpaired) electrons. The standard InChI is InChI=1S/C17H17BrFN/c1-12-8-13-4-2-3-5-17(13)20(10-12)11-14-6-7-15(19)9-16(14)18/h2-7,9,12H,8,10-11H2,1H3. The van der Waals surface area contributed by atoms with Gasteiger partial charge in [0.2, 0.25) is 0 Å². The maximum atomic E-state index is 13.2. The van der Waals surface area contributed by atoms with E-state index in [-0.39, 0.29) is 5.82 Å². The molecular formula is C17H17BrFN. The molecule has 1 unspecified atom stereocenters. The average Bonchev–Trinajstić information content (AvgIpc) is 2.41. The molecule has 0 aromatic heterocycles. The Morgan fingerprint density at radius 3 is 2.85 bits per heavy atom.